The Morgan fingerprint density at radius 3 is 2.88 bits per heavy atom. The van der Waals surface area contributed by atoms with Crippen LogP contribution in [0.1, 0.15) is 16.8 Å². The van der Waals surface area contributed by atoms with E-state index < -0.39 is 0 Å². The summed E-state index contributed by atoms with van der Waals surface area (Å²) in [5, 5.41) is 0. The van der Waals surface area contributed by atoms with Gasteiger partial charge < -0.3 is 4.74 Å². The summed E-state index contributed by atoms with van der Waals surface area (Å²) in [4.78, 5) is 4.35. The first-order valence-electron chi connectivity index (χ1n) is 5.27. The summed E-state index contributed by atoms with van der Waals surface area (Å²) in [6.45, 7) is 4.58. The first-order chi connectivity index (χ1) is 7.75. The highest BCUT2D eigenvalue weighted by atomic mass is 16.5. The maximum atomic E-state index is 5.59. The molecule has 0 aliphatic rings. The molecular formula is C14H14NO. The molecule has 0 saturated heterocycles. The van der Waals surface area contributed by atoms with Gasteiger partial charge in [0.25, 0.3) is 0 Å². The number of hydrogen-bond acceptors (Lipinski definition) is 2. The summed E-state index contributed by atoms with van der Waals surface area (Å²) >= 11 is 0. The molecule has 0 spiro atoms. The summed E-state index contributed by atoms with van der Waals surface area (Å²) in [7, 11) is 0. The van der Waals surface area contributed by atoms with Gasteiger partial charge in [-0.15, -0.1) is 0 Å². The summed E-state index contributed by atoms with van der Waals surface area (Å²) in [6, 6.07) is 12.7. The van der Waals surface area contributed by atoms with Crippen LogP contribution in [-0.4, -0.2) is 4.98 Å². The minimum absolute atomic E-state index is 0.493. The van der Waals surface area contributed by atoms with E-state index in [0.29, 0.717) is 6.61 Å². The molecule has 0 unspecified atom stereocenters. The van der Waals surface area contributed by atoms with Crippen LogP contribution in [0.3, 0.4) is 0 Å². The molecule has 0 N–H and O–H groups in total. The number of benzene rings is 1. The highest BCUT2D eigenvalue weighted by Gasteiger charge is 2.01. The van der Waals surface area contributed by atoms with Gasteiger partial charge in [0.2, 0.25) is 0 Å². The van der Waals surface area contributed by atoms with Crippen molar-refractivity contribution in [1.82, 2.24) is 4.98 Å². The fourth-order valence-corrected chi connectivity index (χ4v) is 1.51. The van der Waals surface area contributed by atoms with E-state index in [-0.39, 0.29) is 0 Å². The molecule has 2 rings (SSSR count). The average Bonchev–Trinajstić information content (AvgIpc) is 2.29. The van der Waals surface area contributed by atoms with Crippen LogP contribution in [-0.2, 0) is 6.61 Å². The molecule has 0 atom stereocenters. The van der Waals surface area contributed by atoms with Crippen molar-refractivity contribution in [3.05, 3.63) is 59.4 Å². The van der Waals surface area contributed by atoms with Crippen LogP contribution in [0.25, 0.3) is 0 Å². The Morgan fingerprint density at radius 1 is 1.31 bits per heavy atom. The molecule has 0 aliphatic heterocycles. The van der Waals surface area contributed by atoms with Gasteiger partial charge in [-0.1, -0.05) is 24.3 Å². The maximum Gasteiger partial charge on any atom is 0.130 e. The van der Waals surface area contributed by atoms with Crippen LogP contribution < -0.4 is 4.74 Å². The van der Waals surface area contributed by atoms with Crippen LogP contribution in [0.4, 0.5) is 0 Å². The second kappa shape index (κ2) is 4.79. The van der Waals surface area contributed by atoms with E-state index in [1.54, 1.807) is 0 Å². The summed E-state index contributed by atoms with van der Waals surface area (Å²) in [6.07, 6.45) is 1.86. The molecule has 2 aromatic rings. The zero-order valence-corrected chi connectivity index (χ0v) is 9.53. The van der Waals surface area contributed by atoms with Gasteiger partial charge in [-0.25, -0.2) is 0 Å². The predicted molar refractivity (Wildman–Crippen MR) is 63.3 cm³/mol. The second-order valence-corrected chi connectivity index (χ2v) is 3.79. The van der Waals surface area contributed by atoms with Gasteiger partial charge in [0.1, 0.15) is 12.4 Å². The molecule has 1 heterocycles. The van der Waals surface area contributed by atoms with E-state index in [1.807, 2.05) is 44.3 Å². The quantitative estimate of drug-likeness (QED) is 0.780. The molecule has 0 saturated carbocycles. The molecule has 1 radical (unpaired) electrons. The number of hydrogen-bond donors (Lipinski definition) is 0. The molecule has 2 nitrogen and oxygen atoms in total. The first kappa shape index (κ1) is 10.7. The molecule has 0 amide bonds. The smallest absolute Gasteiger partial charge is 0.130 e. The Morgan fingerprint density at radius 2 is 2.19 bits per heavy atom. The van der Waals surface area contributed by atoms with Crippen LogP contribution in [0, 0.1) is 19.9 Å². The van der Waals surface area contributed by atoms with Crippen LogP contribution in [0.2, 0.25) is 0 Å². The summed E-state index contributed by atoms with van der Waals surface area (Å²) in [5.41, 5.74) is 3.31. The fourth-order valence-electron chi connectivity index (χ4n) is 1.51. The molecule has 16 heavy (non-hydrogen) atoms. The van der Waals surface area contributed by atoms with Crippen molar-refractivity contribution < 1.29 is 4.74 Å². The van der Waals surface area contributed by atoms with Gasteiger partial charge in [-0.05, 0) is 31.0 Å². The Balaban J connectivity index is 2.05. The molecule has 81 valence electrons. The predicted octanol–water partition coefficient (Wildman–Crippen LogP) is 3.08. The van der Waals surface area contributed by atoms with Crippen molar-refractivity contribution >= 4 is 0 Å². The van der Waals surface area contributed by atoms with Crippen LogP contribution in [0.5, 0.6) is 5.75 Å². The normalized spacial score (nSPS) is 10.1. The molecular weight excluding hydrogens is 198 g/mol. The Bertz CT molecular complexity index is 465. The highest BCUT2D eigenvalue weighted by molar-refractivity contribution is 5.24. The highest BCUT2D eigenvalue weighted by Crippen LogP contribution is 2.12. The van der Waals surface area contributed by atoms with E-state index in [0.717, 1.165) is 17.0 Å². The lowest BCUT2D eigenvalue weighted by molar-refractivity contribution is 0.299. The van der Waals surface area contributed by atoms with Crippen LogP contribution >= 0.6 is 0 Å². The maximum absolute atomic E-state index is 5.59. The van der Waals surface area contributed by atoms with Gasteiger partial charge in [-0.2, -0.15) is 0 Å². The number of ether oxygens (including phenoxy) is 1. The second-order valence-electron chi connectivity index (χ2n) is 3.79. The number of rotatable bonds is 3. The van der Waals surface area contributed by atoms with Crippen molar-refractivity contribution in [2.45, 2.75) is 20.5 Å². The average molecular weight is 212 g/mol. The third kappa shape index (κ3) is 2.60. The molecule has 2 heteroatoms. The Kier molecular flexibility index (Phi) is 3.20. The van der Waals surface area contributed by atoms with E-state index in [2.05, 4.69) is 17.1 Å². The molecule has 0 aliphatic carbocycles. The topological polar surface area (TPSA) is 22.1 Å². The zero-order valence-electron chi connectivity index (χ0n) is 9.53. The van der Waals surface area contributed by atoms with E-state index >= 15 is 0 Å². The molecule has 1 aromatic carbocycles. The fraction of sp³-hybridized carbons (Fsp3) is 0.214. The first-order valence-corrected chi connectivity index (χ1v) is 5.27. The standard InChI is InChI=1S/C14H14NO/c1-11-8-12(2)14(15-9-11)10-16-13-6-4-3-5-7-13/h3-6,8-9H,10H2,1-2H3. The van der Waals surface area contributed by atoms with E-state index in [1.165, 1.54) is 5.56 Å². The van der Waals surface area contributed by atoms with Crippen molar-refractivity contribution in [1.29, 1.82) is 0 Å². The number of para-hydroxylation sites is 1. The van der Waals surface area contributed by atoms with Gasteiger partial charge in [0.05, 0.1) is 5.69 Å². The largest absolute Gasteiger partial charge is 0.487 e. The molecule has 1 aromatic heterocycles. The lowest BCUT2D eigenvalue weighted by Crippen LogP contribution is -2.01. The van der Waals surface area contributed by atoms with Gasteiger partial charge in [0.15, 0.2) is 0 Å². The summed E-state index contributed by atoms with van der Waals surface area (Å²) < 4.78 is 5.59. The van der Waals surface area contributed by atoms with Gasteiger partial charge in [-0.3, -0.25) is 4.98 Å². The van der Waals surface area contributed by atoms with E-state index in [4.69, 9.17) is 4.74 Å². The van der Waals surface area contributed by atoms with Crippen molar-refractivity contribution in [2.24, 2.45) is 0 Å². The lowest BCUT2D eigenvalue weighted by atomic mass is 10.2. The lowest BCUT2D eigenvalue weighted by Gasteiger charge is -2.07. The van der Waals surface area contributed by atoms with Crippen LogP contribution in [0.15, 0.2) is 36.5 Å². The third-order valence-electron chi connectivity index (χ3n) is 2.37. The van der Waals surface area contributed by atoms with Crippen molar-refractivity contribution in [3.8, 4) is 5.75 Å². The number of aromatic nitrogens is 1. The SMILES string of the molecule is Cc1cnc(COc2[c]cccc2)c(C)c1. The zero-order chi connectivity index (χ0) is 11.4. The number of aryl methyl sites for hydroxylation is 2. The van der Waals surface area contributed by atoms with E-state index in [9.17, 15) is 0 Å². The van der Waals surface area contributed by atoms with Gasteiger partial charge in [0, 0.05) is 12.3 Å². The molecule has 0 bridgehead atoms. The molecule has 0 fully saturated rings. The minimum Gasteiger partial charge on any atom is -0.487 e. The Labute approximate surface area is 95.9 Å². The van der Waals surface area contributed by atoms with Crippen molar-refractivity contribution in [3.63, 3.8) is 0 Å². The number of pyridine rings is 1. The van der Waals surface area contributed by atoms with Crippen molar-refractivity contribution in [2.75, 3.05) is 0 Å². The summed E-state index contributed by atoms with van der Waals surface area (Å²) in [5.74, 6) is 0.754. The Hall–Kier alpha value is -1.83. The third-order valence-corrected chi connectivity index (χ3v) is 2.37. The van der Waals surface area contributed by atoms with Gasteiger partial charge >= 0.3 is 0 Å². The number of nitrogens with zero attached hydrogens (tertiary/aromatic N) is 1. The monoisotopic (exact) mass is 212 g/mol. The minimum atomic E-state index is 0.493.